The number of hydrogen-bond acceptors (Lipinski definition) is 3. The van der Waals surface area contributed by atoms with Crippen molar-refractivity contribution >= 4 is 11.6 Å². The molecule has 0 radical (unpaired) electrons. The molecule has 17 heavy (non-hydrogen) atoms. The summed E-state index contributed by atoms with van der Waals surface area (Å²) in [6, 6.07) is 5.04. The van der Waals surface area contributed by atoms with Crippen LogP contribution in [-0.4, -0.2) is 12.0 Å². The minimum absolute atomic E-state index is 0.218. The molecule has 0 heterocycles. The SMILES string of the molecule is CCCC(C)OCc1ccc(C(N)=O)cc1N. The standard InChI is InChI=1S/C13H20N2O2/c1-3-4-9(2)17-8-11-6-5-10(13(15)16)7-12(11)14/h5-7,9H,3-4,8,14H2,1-2H3,(H2,15,16). The largest absolute Gasteiger partial charge is 0.398 e. The zero-order valence-corrected chi connectivity index (χ0v) is 10.4. The number of ether oxygens (including phenoxy) is 1. The molecule has 4 nitrogen and oxygen atoms in total. The van der Waals surface area contributed by atoms with Gasteiger partial charge in [0.1, 0.15) is 0 Å². The number of carbonyl (C=O) groups excluding carboxylic acids is 1. The van der Waals surface area contributed by atoms with E-state index >= 15 is 0 Å². The summed E-state index contributed by atoms with van der Waals surface area (Å²) in [5, 5.41) is 0. The third kappa shape index (κ3) is 4.07. The first-order chi connectivity index (χ1) is 8.04. The molecule has 94 valence electrons. The van der Waals surface area contributed by atoms with Gasteiger partial charge in [-0.3, -0.25) is 4.79 Å². The van der Waals surface area contributed by atoms with Crippen LogP contribution in [0.5, 0.6) is 0 Å². The first kappa shape index (κ1) is 13.5. The predicted octanol–water partition coefficient (Wildman–Crippen LogP) is 2.07. The van der Waals surface area contributed by atoms with E-state index in [0.717, 1.165) is 18.4 Å². The van der Waals surface area contributed by atoms with Gasteiger partial charge in [-0.2, -0.15) is 0 Å². The van der Waals surface area contributed by atoms with Crippen molar-refractivity contribution < 1.29 is 9.53 Å². The van der Waals surface area contributed by atoms with Crippen molar-refractivity contribution in [2.24, 2.45) is 5.73 Å². The van der Waals surface area contributed by atoms with Crippen molar-refractivity contribution in [1.29, 1.82) is 0 Å². The fraction of sp³-hybridized carbons (Fsp3) is 0.462. The lowest BCUT2D eigenvalue weighted by atomic mass is 10.1. The Morgan fingerprint density at radius 1 is 1.47 bits per heavy atom. The van der Waals surface area contributed by atoms with Gasteiger partial charge in [0.05, 0.1) is 12.7 Å². The van der Waals surface area contributed by atoms with Crippen LogP contribution in [0.4, 0.5) is 5.69 Å². The lowest BCUT2D eigenvalue weighted by Gasteiger charge is -2.13. The molecule has 0 aliphatic carbocycles. The Kier molecular flexibility index (Phi) is 4.97. The summed E-state index contributed by atoms with van der Waals surface area (Å²) in [6.07, 6.45) is 2.34. The Labute approximate surface area is 102 Å². The number of nitrogens with two attached hydrogens (primary N) is 2. The summed E-state index contributed by atoms with van der Waals surface area (Å²) >= 11 is 0. The van der Waals surface area contributed by atoms with Gasteiger partial charge in [0.2, 0.25) is 5.91 Å². The van der Waals surface area contributed by atoms with E-state index in [9.17, 15) is 4.79 Å². The number of benzene rings is 1. The van der Waals surface area contributed by atoms with Crippen LogP contribution >= 0.6 is 0 Å². The minimum atomic E-state index is -0.469. The molecule has 1 aromatic rings. The molecule has 1 aromatic carbocycles. The summed E-state index contributed by atoms with van der Waals surface area (Å²) < 4.78 is 5.65. The van der Waals surface area contributed by atoms with E-state index in [0.29, 0.717) is 17.9 Å². The van der Waals surface area contributed by atoms with Crippen molar-refractivity contribution in [2.75, 3.05) is 5.73 Å². The maximum absolute atomic E-state index is 11.0. The molecule has 4 heteroatoms. The smallest absolute Gasteiger partial charge is 0.248 e. The van der Waals surface area contributed by atoms with Gasteiger partial charge >= 0.3 is 0 Å². The minimum Gasteiger partial charge on any atom is -0.398 e. The fourth-order valence-electron chi connectivity index (χ4n) is 1.60. The molecular weight excluding hydrogens is 216 g/mol. The van der Waals surface area contributed by atoms with Crippen LogP contribution in [0.15, 0.2) is 18.2 Å². The number of amides is 1. The van der Waals surface area contributed by atoms with Crippen molar-refractivity contribution in [2.45, 2.75) is 39.4 Å². The van der Waals surface area contributed by atoms with Crippen LogP contribution in [-0.2, 0) is 11.3 Å². The zero-order valence-electron chi connectivity index (χ0n) is 10.4. The average Bonchev–Trinajstić information content (AvgIpc) is 2.27. The highest BCUT2D eigenvalue weighted by Gasteiger charge is 2.07. The van der Waals surface area contributed by atoms with Crippen LogP contribution < -0.4 is 11.5 Å². The van der Waals surface area contributed by atoms with Gasteiger partial charge in [0.15, 0.2) is 0 Å². The highest BCUT2D eigenvalue weighted by Crippen LogP contribution is 2.16. The molecule has 0 bridgehead atoms. The molecular formula is C13H20N2O2. The predicted molar refractivity (Wildman–Crippen MR) is 68.5 cm³/mol. The highest BCUT2D eigenvalue weighted by atomic mass is 16.5. The molecule has 0 spiro atoms. The van der Waals surface area contributed by atoms with Crippen molar-refractivity contribution in [1.82, 2.24) is 0 Å². The summed E-state index contributed by atoms with van der Waals surface area (Å²) in [4.78, 5) is 11.0. The van der Waals surface area contributed by atoms with Gasteiger partial charge in [-0.25, -0.2) is 0 Å². The maximum Gasteiger partial charge on any atom is 0.248 e. The van der Waals surface area contributed by atoms with E-state index in [2.05, 4.69) is 6.92 Å². The van der Waals surface area contributed by atoms with Crippen LogP contribution in [0.25, 0.3) is 0 Å². The number of anilines is 1. The van der Waals surface area contributed by atoms with Crippen LogP contribution in [0.3, 0.4) is 0 Å². The summed E-state index contributed by atoms with van der Waals surface area (Å²) in [6.45, 7) is 4.62. The van der Waals surface area contributed by atoms with Crippen LogP contribution in [0.2, 0.25) is 0 Å². The third-order valence-corrected chi connectivity index (χ3v) is 2.65. The second-order valence-electron chi connectivity index (χ2n) is 4.19. The number of hydrogen-bond donors (Lipinski definition) is 2. The Morgan fingerprint density at radius 3 is 2.71 bits per heavy atom. The van der Waals surface area contributed by atoms with Crippen molar-refractivity contribution in [3.8, 4) is 0 Å². The quantitative estimate of drug-likeness (QED) is 0.742. The van der Waals surface area contributed by atoms with Gasteiger partial charge in [-0.1, -0.05) is 19.4 Å². The van der Waals surface area contributed by atoms with Crippen molar-refractivity contribution in [3.05, 3.63) is 29.3 Å². The first-order valence-corrected chi connectivity index (χ1v) is 5.84. The van der Waals surface area contributed by atoms with Crippen LogP contribution in [0, 0.1) is 0 Å². The molecule has 0 aliphatic rings. The molecule has 0 fully saturated rings. The Bertz CT molecular complexity index is 391. The monoisotopic (exact) mass is 236 g/mol. The molecule has 0 aliphatic heterocycles. The molecule has 1 unspecified atom stereocenters. The van der Waals surface area contributed by atoms with E-state index in [1.165, 1.54) is 0 Å². The van der Waals surface area contributed by atoms with Gasteiger partial charge in [0.25, 0.3) is 0 Å². The van der Waals surface area contributed by atoms with Gasteiger partial charge < -0.3 is 16.2 Å². The lowest BCUT2D eigenvalue weighted by molar-refractivity contribution is 0.0475. The Morgan fingerprint density at radius 2 is 2.18 bits per heavy atom. The van der Waals surface area contributed by atoms with Gasteiger partial charge in [-0.05, 0) is 25.5 Å². The number of rotatable bonds is 6. The summed E-state index contributed by atoms with van der Waals surface area (Å²) in [7, 11) is 0. The van der Waals surface area contributed by atoms with E-state index in [1.807, 2.05) is 6.92 Å². The van der Waals surface area contributed by atoms with E-state index in [1.54, 1.807) is 18.2 Å². The normalized spacial score (nSPS) is 12.4. The second-order valence-corrected chi connectivity index (χ2v) is 4.19. The molecule has 1 atom stereocenters. The van der Waals surface area contributed by atoms with E-state index in [-0.39, 0.29) is 6.10 Å². The first-order valence-electron chi connectivity index (χ1n) is 5.84. The van der Waals surface area contributed by atoms with E-state index in [4.69, 9.17) is 16.2 Å². The maximum atomic E-state index is 11.0. The summed E-state index contributed by atoms with van der Waals surface area (Å²) in [5.41, 5.74) is 12.9. The molecule has 1 rings (SSSR count). The van der Waals surface area contributed by atoms with E-state index < -0.39 is 5.91 Å². The second kappa shape index (κ2) is 6.25. The Hall–Kier alpha value is -1.55. The topological polar surface area (TPSA) is 78.3 Å². The molecule has 4 N–H and O–H groups in total. The zero-order chi connectivity index (χ0) is 12.8. The molecule has 0 saturated heterocycles. The summed E-state index contributed by atoms with van der Waals surface area (Å²) in [5.74, 6) is -0.469. The van der Waals surface area contributed by atoms with Crippen molar-refractivity contribution in [3.63, 3.8) is 0 Å². The average molecular weight is 236 g/mol. The molecule has 0 saturated carbocycles. The highest BCUT2D eigenvalue weighted by molar-refractivity contribution is 5.93. The Balaban J connectivity index is 2.63. The number of nitrogen functional groups attached to an aromatic ring is 1. The van der Waals surface area contributed by atoms with Gasteiger partial charge in [0, 0.05) is 16.8 Å². The fourth-order valence-corrected chi connectivity index (χ4v) is 1.60. The molecule has 1 amide bonds. The molecule has 0 aromatic heterocycles. The van der Waals surface area contributed by atoms with Gasteiger partial charge in [-0.15, -0.1) is 0 Å². The lowest BCUT2D eigenvalue weighted by Crippen LogP contribution is -2.12. The number of primary amides is 1. The van der Waals surface area contributed by atoms with Crippen LogP contribution in [0.1, 0.15) is 42.6 Å². The third-order valence-electron chi connectivity index (χ3n) is 2.65. The number of carbonyl (C=O) groups is 1.